The molecule has 4 aromatic rings. The summed E-state index contributed by atoms with van der Waals surface area (Å²) in [4.78, 5) is 6.55. The van der Waals surface area contributed by atoms with Crippen LogP contribution in [0.1, 0.15) is 23.5 Å². The van der Waals surface area contributed by atoms with Gasteiger partial charge in [0.1, 0.15) is 29.9 Å². The van der Waals surface area contributed by atoms with Gasteiger partial charge >= 0.3 is 0 Å². The Kier molecular flexibility index (Phi) is 7.88. The molecule has 0 unspecified atom stereocenters. The minimum absolute atomic E-state index is 0.279. The van der Waals surface area contributed by atoms with Gasteiger partial charge < -0.3 is 24.1 Å². The molecule has 1 N–H and O–H groups in total. The van der Waals surface area contributed by atoms with E-state index in [0.29, 0.717) is 56.2 Å². The SMILES string of the molecule is COCCOc1ccc(N2C(=S)N[C@@H](c3ccccn3)[C@H]2c2ccc(-c3cccc(Cl)c3Cl)o2)cc1Cl. The molecule has 0 saturated carbocycles. The number of rotatable bonds is 8. The number of pyridine rings is 1. The van der Waals surface area contributed by atoms with Crippen molar-refractivity contribution in [2.24, 2.45) is 0 Å². The second-order valence-corrected chi connectivity index (χ2v) is 9.84. The van der Waals surface area contributed by atoms with Crippen LogP contribution in [0.3, 0.4) is 0 Å². The van der Waals surface area contributed by atoms with Crippen LogP contribution in [0.5, 0.6) is 5.75 Å². The van der Waals surface area contributed by atoms with Crippen LogP contribution in [0.2, 0.25) is 15.1 Å². The fraction of sp³-hybridized carbons (Fsp3) is 0.185. The standard InChI is InChI=1S/C27H22Cl3N3O3S/c1-34-13-14-35-22-9-8-16(15-19(22)29)33-26(25(32-27(33)37)20-7-2-3-12-31-20)23-11-10-21(36-23)17-5-4-6-18(28)24(17)30/h2-12,15,25-26H,13-14H2,1H3,(H,32,37)/t25-,26+/m0/s1. The lowest BCUT2D eigenvalue weighted by Gasteiger charge is -2.26. The van der Waals surface area contributed by atoms with Crippen LogP contribution in [-0.4, -0.2) is 30.4 Å². The minimum Gasteiger partial charge on any atom is -0.490 e. The molecule has 2 aromatic heterocycles. The van der Waals surface area contributed by atoms with Crippen molar-refractivity contribution in [2.45, 2.75) is 12.1 Å². The first-order chi connectivity index (χ1) is 18.0. The van der Waals surface area contributed by atoms with Crippen LogP contribution in [-0.2, 0) is 4.74 Å². The summed E-state index contributed by atoms with van der Waals surface area (Å²) in [6.45, 7) is 0.856. The van der Waals surface area contributed by atoms with E-state index >= 15 is 0 Å². The first kappa shape index (κ1) is 25.8. The van der Waals surface area contributed by atoms with Gasteiger partial charge in [-0.1, -0.05) is 46.9 Å². The number of nitrogens with zero attached hydrogens (tertiary/aromatic N) is 2. The van der Waals surface area contributed by atoms with Gasteiger partial charge in [-0.25, -0.2) is 0 Å². The molecule has 3 heterocycles. The second kappa shape index (κ2) is 11.3. The van der Waals surface area contributed by atoms with E-state index in [0.717, 1.165) is 11.4 Å². The molecule has 0 spiro atoms. The van der Waals surface area contributed by atoms with Crippen molar-refractivity contribution >= 4 is 57.8 Å². The van der Waals surface area contributed by atoms with Crippen molar-refractivity contribution in [3.05, 3.63) is 99.4 Å². The maximum atomic E-state index is 6.58. The number of aromatic nitrogens is 1. The Labute approximate surface area is 235 Å². The second-order valence-electron chi connectivity index (χ2n) is 8.26. The Morgan fingerprint density at radius 2 is 1.86 bits per heavy atom. The Bertz CT molecular complexity index is 1420. The lowest BCUT2D eigenvalue weighted by Crippen LogP contribution is -2.29. The summed E-state index contributed by atoms with van der Waals surface area (Å²) in [5, 5.41) is 5.27. The molecule has 0 bridgehead atoms. The molecule has 2 atom stereocenters. The fourth-order valence-electron chi connectivity index (χ4n) is 4.26. The molecule has 0 aliphatic carbocycles. The first-order valence-corrected chi connectivity index (χ1v) is 13.0. The largest absolute Gasteiger partial charge is 0.490 e. The van der Waals surface area contributed by atoms with E-state index in [1.807, 2.05) is 65.6 Å². The predicted octanol–water partition coefficient (Wildman–Crippen LogP) is 7.50. The van der Waals surface area contributed by atoms with Crippen molar-refractivity contribution in [3.63, 3.8) is 0 Å². The highest BCUT2D eigenvalue weighted by Gasteiger charge is 2.42. The van der Waals surface area contributed by atoms with E-state index in [4.69, 9.17) is 60.9 Å². The molecule has 6 nitrogen and oxygen atoms in total. The van der Waals surface area contributed by atoms with E-state index in [9.17, 15) is 0 Å². The molecular formula is C27H22Cl3N3O3S. The van der Waals surface area contributed by atoms with Gasteiger partial charge in [-0.2, -0.15) is 0 Å². The summed E-state index contributed by atoms with van der Waals surface area (Å²) in [6, 6.07) is 19.9. The molecule has 1 fully saturated rings. The van der Waals surface area contributed by atoms with Gasteiger partial charge in [0.15, 0.2) is 5.11 Å². The van der Waals surface area contributed by atoms with Gasteiger partial charge in [0.05, 0.1) is 33.4 Å². The summed E-state index contributed by atoms with van der Waals surface area (Å²) in [5.74, 6) is 1.83. The van der Waals surface area contributed by atoms with Crippen LogP contribution in [0.25, 0.3) is 11.3 Å². The fourth-order valence-corrected chi connectivity index (χ4v) is 5.23. The average molecular weight is 575 g/mol. The van der Waals surface area contributed by atoms with Crippen LogP contribution in [0.4, 0.5) is 5.69 Å². The zero-order valence-corrected chi connectivity index (χ0v) is 22.7. The topological polar surface area (TPSA) is 59.8 Å². The number of hydrogen-bond acceptors (Lipinski definition) is 5. The van der Waals surface area contributed by atoms with E-state index in [2.05, 4.69) is 10.3 Å². The summed E-state index contributed by atoms with van der Waals surface area (Å²) in [6.07, 6.45) is 1.75. The molecule has 1 saturated heterocycles. The van der Waals surface area contributed by atoms with Crippen molar-refractivity contribution in [1.82, 2.24) is 10.3 Å². The van der Waals surface area contributed by atoms with Gasteiger partial charge in [0.2, 0.25) is 0 Å². The maximum Gasteiger partial charge on any atom is 0.174 e. The number of nitrogens with one attached hydrogen (secondary N) is 1. The van der Waals surface area contributed by atoms with Crippen LogP contribution < -0.4 is 15.0 Å². The van der Waals surface area contributed by atoms with Gasteiger partial charge in [0, 0.05) is 24.6 Å². The smallest absolute Gasteiger partial charge is 0.174 e. The Morgan fingerprint density at radius 3 is 2.62 bits per heavy atom. The summed E-state index contributed by atoms with van der Waals surface area (Å²) in [5.41, 5.74) is 2.31. The molecule has 1 aliphatic heterocycles. The van der Waals surface area contributed by atoms with E-state index < -0.39 is 0 Å². The van der Waals surface area contributed by atoms with Crippen molar-refractivity contribution < 1.29 is 13.9 Å². The van der Waals surface area contributed by atoms with Crippen molar-refractivity contribution in [3.8, 4) is 17.1 Å². The minimum atomic E-state index is -0.356. The number of thiocarbonyl (C=S) groups is 1. The maximum absolute atomic E-state index is 6.58. The highest BCUT2D eigenvalue weighted by atomic mass is 35.5. The Balaban J connectivity index is 1.55. The van der Waals surface area contributed by atoms with Gasteiger partial charge in [-0.05, 0) is 66.8 Å². The molecule has 190 valence electrons. The monoisotopic (exact) mass is 573 g/mol. The third-order valence-electron chi connectivity index (χ3n) is 5.97. The predicted molar refractivity (Wildman–Crippen MR) is 151 cm³/mol. The quantitative estimate of drug-likeness (QED) is 0.173. The summed E-state index contributed by atoms with van der Waals surface area (Å²) in [7, 11) is 1.62. The molecule has 37 heavy (non-hydrogen) atoms. The van der Waals surface area contributed by atoms with Crippen LogP contribution >= 0.6 is 47.0 Å². The van der Waals surface area contributed by atoms with Gasteiger partial charge in [-0.3, -0.25) is 4.98 Å². The molecule has 5 rings (SSSR count). The van der Waals surface area contributed by atoms with E-state index in [1.54, 1.807) is 19.4 Å². The normalized spacial score (nSPS) is 17.2. The Hall–Kier alpha value is -2.81. The zero-order valence-electron chi connectivity index (χ0n) is 19.7. The molecule has 0 radical (unpaired) electrons. The van der Waals surface area contributed by atoms with Gasteiger partial charge in [-0.15, -0.1) is 0 Å². The zero-order chi connectivity index (χ0) is 25.9. The third-order valence-corrected chi connectivity index (χ3v) is 7.40. The van der Waals surface area contributed by atoms with Crippen molar-refractivity contribution in [1.29, 1.82) is 0 Å². The van der Waals surface area contributed by atoms with Crippen LogP contribution in [0.15, 0.2) is 77.3 Å². The summed E-state index contributed by atoms with van der Waals surface area (Å²) >= 11 is 25.1. The number of hydrogen-bond donors (Lipinski definition) is 1. The van der Waals surface area contributed by atoms with Gasteiger partial charge in [0.25, 0.3) is 0 Å². The lowest BCUT2D eigenvalue weighted by atomic mass is 10.0. The highest BCUT2D eigenvalue weighted by Crippen LogP contribution is 2.45. The number of benzene rings is 2. The number of halogens is 3. The number of furan rings is 1. The number of methoxy groups -OCH3 is 1. The molecule has 2 aromatic carbocycles. The highest BCUT2D eigenvalue weighted by molar-refractivity contribution is 7.80. The van der Waals surface area contributed by atoms with Crippen molar-refractivity contribution in [2.75, 3.05) is 25.2 Å². The number of ether oxygens (including phenoxy) is 2. The first-order valence-electron chi connectivity index (χ1n) is 11.4. The Morgan fingerprint density at radius 1 is 1.00 bits per heavy atom. The molecule has 10 heteroatoms. The molecule has 1 aliphatic rings. The van der Waals surface area contributed by atoms with E-state index in [1.165, 1.54) is 0 Å². The molecule has 0 amide bonds. The van der Waals surface area contributed by atoms with E-state index in [-0.39, 0.29) is 12.1 Å². The van der Waals surface area contributed by atoms with Crippen LogP contribution in [0, 0.1) is 0 Å². The lowest BCUT2D eigenvalue weighted by molar-refractivity contribution is 0.146. The summed E-state index contributed by atoms with van der Waals surface area (Å²) < 4.78 is 17.2. The number of anilines is 1. The average Bonchev–Trinajstić information content (AvgIpc) is 3.52. The molecular weight excluding hydrogens is 553 g/mol. The third kappa shape index (κ3) is 5.28.